The summed E-state index contributed by atoms with van der Waals surface area (Å²) in [4.78, 5) is 26.0. The topological polar surface area (TPSA) is 38.0 Å². The standard InChI is InChI=1S/C24H22NO2S2.BrH/c1-2-28-24(29-18-21(26)19-12-6-3-7-13-19)22(25-16-10-5-11-17-25)23(27)20-14-8-4-9-15-20;/h3-17H,2,18H2,1H3;1H/q+1;/p-1/b24-22-;. The van der Waals surface area contributed by atoms with Crippen LogP contribution < -0.4 is 21.5 Å². The summed E-state index contributed by atoms with van der Waals surface area (Å²) in [5, 5.41) is 0. The number of hydrogen-bond acceptors (Lipinski definition) is 4. The number of ketones is 2. The van der Waals surface area contributed by atoms with Crippen molar-refractivity contribution in [1.29, 1.82) is 0 Å². The Morgan fingerprint density at radius 3 is 1.87 bits per heavy atom. The van der Waals surface area contributed by atoms with Crippen LogP contribution in [0.3, 0.4) is 0 Å². The van der Waals surface area contributed by atoms with Crippen LogP contribution in [0.25, 0.3) is 5.70 Å². The van der Waals surface area contributed by atoms with Crippen LogP contribution in [0.1, 0.15) is 27.6 Å². The van der Waals surface area contributed by atoms with Gasteiger partial charge in [0.1, 0.15) is 4.24 Å². The molecular formula is C24H22BrNO2S2. The van der Waals surface area contributed by atoms with Crippen LogP contribution in [-0.4, -0.2) is 23.1 Å². The van der Waals surface area contributed by atoms with Crippen molar-refractivity contribution in [2.45, 2.75) is 6.92 Å². The average molecular weight is 500 g/mol. The highest BCUT2D eigenvalue weighted by Crippen LogP contribution is 2.33. The van der Waals surface area contributed by atoms with Gasteiger partial charge in [-0.05, 0) is 5.75 Å². The first-order valence-corrected chi connectivity index (χ1v) is 11.3. The number of nitrogens with zero attached hydrogens (tertiary/aromatic N) is 1. The molecule has 1 heterocycles. The molecule has 3 rings (SSSR count). The van der Waals surface area contributed by atoms with Gasteiger partial charge in [-0.2, -0.15) is 4.57 Å². The summed E-state index contributed by atoms with van der Waals surface area (Å²) in [6.45, 7) is 2.05. The largest absolute Gasteiger partial charge is 1.00 e. The number of halogens is 1. The number of Topliss-reactive ketones (excluding diaryl/α,β-unsaturated/α-hetero) is 2. The van der Waals surface area contributed by atoms with E-state index in [1.807, 2.05) is 103 Å². The summed E-state index contributed by atoms with van der Waals surface area (Å²) in [6.07, 6.45) is 3.73. The molecule has 2 aromatic carbocycles. The summed E-state index contributed by atoms with van der Waals surface area (Å²) in [5.74, 6) is 1.08. The third-order valence-corrected chi connectivity index (χ3v) is 6.44. The number of allylic oxidation sites excluding steroid dienone is 1. The fourth-order valence-corrected chi connectivity index (χ4v) is 4.96. The Labute approximate surface area is 196 Å². The second-order valence-corrected chi connectivity index (χ2v) is 8.64. The van der Waals surface area contributed by atoms with Gasteiger partial charge in [0.25, 0.3) is 11.5 Å². The van der Waals surface area contributed by atoms with Gasteiger partial charge in [0.05, 0.1) is 5.75 Å². The molecule has 0 spiro atoms. The van der Waals surface area contributed by atoms with E-state index in [2.05, 4.69) is 0 Å². The molecule has 0 aliphatic carbocycles. The molecular weight excluding hydrogens is 478 g/mol. The molecule has 154 valence electrons. The van der Waals surface area contributed by atoms with Crippen LogP contribution in [0.5, 0.6) is 0 Å². The summed E-state index contributed by atoms with van der Waals surface area (Å²) < 4.78 is 2.69. The van der Waals surface area contributed by atoms with Crippen molar-refractivity contribution in [1.82, 2.24) is 0 Å². The molecule has 3 nitrogen and oxygen atoms in total. The zero-order valence-electron chi connectivity index (χ0n) is 16.5. The Balaban J connectivity index is 0.00000320. The summed E-state index contributed by atoms with van der Waals surface area (Å²) in [5.41, 5.74) is 1.89. The van der Waals surface area contributed by atoms with E-state index in [1.54, 1.807) is 11.8 Å². The second kappa shape index (κ2) is 12.5. The fraction of sp³-hybridized carbons (Fsp3) is 0.125. The Morgan fingerprint density at radius 1 is 0.767 bits per heavy atom. The quantitative estimate of drug-likeness (QED) is 0.257. The molecule has 0 atom stereocenters. The zero-order valence-corrected chi connectivity index (χ0v) is 19.8. The third-order valence-electron chi connectivity index (χ3n) is 4.12. The normalized spacial score (nSPS) is 11.2. The lowest BCUT2D eigenvalue weighted by molar-refractivity contribution is -0.576. The number of carbonyl (C=O) groups excluding carboxylic acids is 2. The van der Waals surface area contributed by atoms with Gasteiger partial charge in [0.15, 0.2) is 18.2 Å². The number of hydrogen-bond donors (Lipinski definition) is 0. The van der Waals surface area contributed by atoms with Crippen LogP contribution in [-0.2, 0) is 0 Å². The number of carbonyl (C=O) groups is 2. The van der Waals surface area contributed by atoms with Gasteiger partial charge in [0, 0.05) is 23.3 Å². The maximum atomic E-state index is 13.4. The molecule has 0 saturated heterocycles. The number of rotatable bonds is 9. The highest BCUT2D eigenvalue weighted by atomic mass is 79.9. The smallest absolute Gasteiger partial charge is 0.279 e. The van der Waals surface area contributed by atoms with E-state index in [1.165, 1.54) is 11.8 Å². The molecule has 0 radical (unpaired) electrons. The maximum Gasteiger partial charge on any atom is 0.279 e. The van der Waals surface area contributed by atoms with Crippen molar-refractivity contribution in [2.75, 3.05) is 11.5 Å². The van der Waals surface area contributed by atoms with Crippen LogP contribution in [0.15, 0.2) is 95.5 Å². The third kappa shape index (κ3) is 6.42. The Morgan fingerprint density at radius 2 is 1.30 bits per heavy atom. The van der Waals surface area contributed by atoms with E-state index in [9.17, 15) is 9.59 Å². The molecule has 1 aromatic heterocycles. The Kier molecular flexibility index (Phi) is 10.1. The molecule has 0 unspecified atom stereocenters. The van der Waals surface area contributed by atoms with Crippen LogP contribution in [0.4, 0.5) is 0 Å². The molecule has 0 aliphatic rings. The number of benzene rings is 2. The van der Waals surface area contributed by atoms with Crippen molar-refractivity contribution in [3.8, 4) is 0 Å². The van der Waals surface area contributed by atoms with Crippen molar-refractivity contribution < 1.29 is 31.1 Å². The lowest BCUT2D eigenvalue weighted by Gasteiger charge is -2.09. The zero-order chi connectivity index (χ0) is 20.5. The van der Waals surface area contributed by atoms with Gasteiger partial charge in [-0.25, -0.2) is 0 Å². The number of pyridine rings is 1. The van der Waals surface area contributed by atoms with Gasteiger partial charge in [-0.1, -0.05) is 73.7 Å². The minimum absolute atomic E-state index is 0. The molecule has 0 amide bonds. The highest BCUT2D eigenvalue weighted by Gasteiger charge is 2.27. The van der Waals surface area contributed by atoms with Gasteiger partial charge in [-0.15, -0.1) is 23.5 Å². The Hall–Kier alpha value is -2.15. The van der Waals surface area contributed by atoms with Crippen molar-refractivity contribution >= 4 is 40.8 Å². The fourth-order valence-electron chi connectivity index (χ4n) is 2.74. The van der Waals surface area contributed by atoms with Gasteiger partial charge in [-0.3, -0.25) is 9.59 Å². The molecule has 0 saturated carbocycles. The molecule has 0 bridgehead atoms. The minimum Gasteiger partial charge on any atom is -1.00 e. The van der Waals surface area contributed by atoms with E-state index in [0.717, 1.165) is 9.99 Å². The average Bonchev–Trinajstić information content (AvgIpc) is 2.79. The van der Waals surface area contributed by atoms with Crippen molar-refractivity contribution in [3.05, 3.63) is 107 Å². The summed E-state index contributed by atoms with van der Waals surface area (Å²) in [6, 6.07) is 24.2. The van der Waals surface area contributed by atoms with Crippen LogP contribution >= 0.6 is 23.5 Å². The molecule has 3 aromatic rings. The van der Waals surface area contributed by atoms with Crippen LogP contribution in [0, 0.1) is 0 Å². The molecule has 0 aliphatic heterocycles. The SMILES string of the molecule is CCS/C(SCC(=O)c1ccccc1)=C(\C(=O)c1ccccc1)[n+]1ccccc1.[Br-]. The molecule has 30 heavy (non-hydrogen) atoms. The number of thioether (sulfide) groups is 2. The first kappa shape index (κ1) is 24.1. The van der Waals surface area contributed by atoms with Crippen molar-refractivity contribution in [2.24, 2.45) is 0 Å². The first-order chi connectivity index (χ1) is 14.2. The monoisotopic (exact) mass is 499 g/mol. The van der Waals surface area contributed by atoms with E-state index in [0.29, 0.717) is 16.8 Å². The van der Waals surface area contributed by atoms with Crippen molar-refractivity contribution in [3.63, 3.8) is 0 Å². The predicted octanol–water partition coefficient (Wildman–Crippen LogP) is 2.36. The van der Waals surface area contributed by atoms with Gasteiger partial charge >= 0.3 is 0 Å². The van der Waals surface area contributed by atoms with Gasteiger partial charge < -0.3 is 17.0 Å². The number of aromatic nitrogens is 1. The summed E-state index contributed by atoms with van der Waals surface area (Å²) >= 11 is 3.01. The first-order valence-electron chi connectivity index (χ1n) is 9.35. The molecule has 0 fully saturated rings. The van der Waals surface area contributed by atoms with E-state index < -0.39 is 0 Å². The predicted molar refractivity (Wildman–Crippen MR) is 122 cm³/mol. The highest BCUT2D eigenvalue weighted by molar-refractivity contribution is 8.22. The molecule has 6 heteroatoms. The minimum atomic E-state index is -0.0580. The lowest BCUT2D eigenvalue weighted by atomic mass is 10.1. The van der Waals surface area contributed by atoms with E-state index in [-0.39, 0.29) is 34.3 Å². The Bertz CT molecular complexity index is 993. The summed E-state index contributed by atoms with van der Waals surface area (Å²) in [7, 11) is 0. The van der Waals surface area contributed by atoms with Gasteiger partial charge in [0.2, 0.25) is 0 Å². The van der Waals surface area contributed by atoms with E-state index in [4.69, 9.17) is 0 Å². The van der Waals surface area contributed by atoms with Crippen LogP contribution in [0.2, 0.25) is 0 Å². The molecule has 0 N–H and O–H groups in total. The maximum absolute atomic E-state index is 13.4. The second-order valence-electron chi connectivity index (χ2n) is 6.12. The lowest BCUT2D eigenvalue weighted by Crippen LogP contribution is -3.00. The van der Waals surface area contributed by atoms with E-state index >= 15 is 0 Å².